The van der Waals surface area contributed by atoms with E-state index < -0.39 is 12.2 Å². The normalized spacial score (nSPS) is 13.8. The minimum Gasteiger partial charge on any atom is -0.394 e. The highest BCUT2D eigenvalue weighted by Gasteiger charge is 2.09. The van der Waals surface area contributed by atoms with Crippen LogP contribution in [0.1, 0.15) is 0 Å². The summed E-state index contributed by atoms with van der Waals surface area (Å²) in [5, 5.41) is 26.2. The first kappa shape index (κ1) is 11.8. The van der Waals surface area contributed by atoms with E-state index >= 15 is 0 Å². The largest absolute Gasteiger partial charge is 0.394 e. The van der Waals surface area contributed by atoms with Crippen molar-refractivity contribution in [2.45, 2.75) is 12.2 Å². The highest BCUT2D eigenvalue weighted by Crippen LogP contribution is 1.92. The Bertz CT molecular complexity index is 93.8. The van der Waals surface area contributed by atoms with E-state index in [1.54, 1.807) is 0 Å². The zero-order valence-electron chi connectivity index (χ0n) is 7.14. The molecule has 0 spiro atoms. The molecule has 0 aliphatic rings. The molecule has 0 saturated heterocycles. The maximum absolute atomic E-state index is 9.08. The summed E-state index contributed by atoms with van der Waals surface area (Å²) in [5.41, 5.74) is 0. The topological polar surface area (TPSA) is 79.2 Å². The van der Waals surface area contributed by atoms with Crippen molar-refractivity contribution in [2.24, 2.45) is 0 Å². The van der Waals surface area contributed by atoms with Gasteiger partial charge < -0.3 is 24.8 Å². The Morgan fingerprint density at radius 2 is 1.75 bits per heavy atom. The fraction of sp³-hybridized carbons (Fsp3) is 1.00. The fourth-order valence-electron chi connectivity index (χ4n) is 0.651. The average Bonchev–Trinajstić information content (AvgIpc) is 2.07. The molecule has 0 amide bonds. The molecule has 0 fully saturated rings. The van der Waals surface area contributed by atoms with E-state index in [2.05, 4.69) is 4.74 Å². The maximum atomic E-state index is 9.08. The molecule has 0 aromatic carbocycles. The van der Waals surface area contributed by atoms with Crippen LogP contribution in [0.25, 0.3) is 0 Å². The van der Waals surface area contributed by atoms with Crippen molar-refractivity contribution in [3.63, 3.8) is 0 Å². The molecule has 5 nitrogen and oxygen atoms in total. The van der Waals surface area contributed by atoms with E-state index in [4.69, 9.17) is 20.1 Å². The van der Waals surface area contributed by atoms with Gasteiger partial charge in [0.2, 0.25) is 0 Å². The lowest BCUT2D eigenvalue weighted by Gasteiger charge is -2.15. The SMILES string of the molecule is COCC(O)COC(CO)CO. The van der Waals surface area contributed by atoms with Gasteiger partial charge in [0.15, 0.2) is 0 Å². The van der Waals surface area contributed by atoms with Gasteiger partial charge in [-0.1, -0.05) is 0 Å². The molecular weight excluding hydrogens is 164 g/mol. The Balaban J connectivity index is 3.37. The van der Waals surface area contributed by atoms with Gasteiger partial charge in [-0.25, -0.2) is 0 Å². The lowest BCUT2D eigenvalue weighted by molar-refractivity contribution is -0.0675. The maximum Gasteiger partial charge on any atom is 0.104 e. The van der Waals surface area contributed by atoms with Crippen LogP contribution in [0.3, 0.4) is 0 Å². The van der Waals surface area contributed by atoms with Gasteiger partial charge in [0.25, 0.3) is 0 Å². The van der Waals surface area contributed by atoms with Gasteiger partial charge >= 0.3 is 0 Å². The van der Waals surface area contributed by atoms with E-state index in [0.29, 0.717) is 0 Å². The van der Waals surface area contributed by atoms with E-state index in [0.717, 1.165) is 0 Å². The van der Waals surface area contributed by atoms with E-state index in [-0.39, 0.29) is 26.4 Å². The van der Waals surface area contributed by atoms with Crippen molar-refractivity contribution in [1.29, 1.82) is 0 Å². The second-order valence-corrected chi connectivity index (χ2v) is 2.43. The third-order valence-corrected chi connectivity index (χ3v) is 1.29. The van der Waals surface area contributed by atoms with Crippen LogP contribution in [-0.4, -0.2) is 61.1 Å². The second-order valence-electron chi connectivity index (χ2n) is 2.43. The van der Waals surface area contributed by atoms with Gasteiger partial charge in [0, 0.05) is 7.11 Å². The quantitative estimate of drug-likeness (QED) is 0.438. The van der Waals surface area contributed by atoms with Gasteiger partial charge in [-0.2, -0.15) is 0 Å². The van der Waals surface area contributed by atoms with Crippen molar-refractivity contribution in [3.05, 3.63) is 0 Å². The van der Waals surface area contributed by atoms with Gasteiger partial charge in [0.1, 0.15) is 12.2 Å². The van der Waals surface area contributed by atoms with Crippen LogP contribution in [0.15, 0.2) is 0 Å². The van der Waals surface area contributed by atoms with Crippen LogP contribution < -0.4 is 0 Å². The van der Waals surface area contributed by atoms with Crippen LogP contribution in [0, 0.1) is 0 Å². The average molecular weight is 180 g/mol. The summed E-state index contributed by atoms with van der Waals surface area (Å²) in [7, 11) is 1.47. The van der Waals surface area contributed by atoms with Gasteiger partial charge in [-0.15, -0.1) is 0 Å². The lowest BCUT2D eigenvalue weighted by atomic mass is 10.4. The number of aliphatic hydroxyl groups is 3. The van der Waals surface area contributed by atoms with Crippen molar-refractivity contribution in [1.82, 2.24) is 0 Å². The Labute approximate surface area is 71.5 Å². The van der Waals surface area contributed by atoms with E-state index in [1.165, 1.54) is 7.11 Å². The Hall–Kier alpha value is -0.200. The monoisotopic (exact) mass is 180 g/mol. The zero-order valence-corrected chi connectivity index (χ0v) is 7.14. The molecule has 0 heterocycles. The van der Waals surface area contributed by atoms with Gasteiger partial charge in [0.05, 0.1) is 26.4 Å². The van der Waals surface area contributed by atoms with E-state index in [1.807, 2.05) is 0 Å². The van der Waals surface area contributed by atoms with Gasteiger partial charge in [-0.05, 0) is 0 Å². The molecule has 0 radical (unpaired) electrons. The fourth-order valence-corrected chi connectivity index (χ4v) is 0.651. The summed E-state index contributed by atoms with van der Waals surface area (Å²) >= 11 is 0. The van der Waals surface area contributed by atoms with E-state index in [9.17, 15) is 0 Å². The molecular formula is C7H16O5. The summed E-state index contributed by atoms with van der Waals surface area (Å²) in [6.07, 6.45) is -1.33. The molecule has 0 saturated carbocycles. The molecule has 74 valence electrons. The Kier molecular flexibility index (Phi) is 7.33. The number of aliphatic hydroxyl groups excluding tert-OH is 3. The minimum absolute atomic E-state index is 0.0552. The van der Waals surface area contributed by atoms with Crippen molar-refractivity contribution >= 4 is 0 Å². The predicted octanol–water partition coefficient (Wildman–Crippen LogP) is -1.64. The van der Waals surface area contributed by atoms with Crippen LogP contribution in [0.2, 0.25) is 0 Å². The molecule has 3 N–H and O–H groups in total. The minimum atomic E-state index is -0.712. The zero-order chi connectivity index (χ0) is 9.40. The molecule has 0 aliphatic carbocycles. The number of ether oxygens (including phenoxy) is 2. The first-order valence-electron chi connectivity index (χ1n) is 3.74. The highest BCUT2D eigenvalue weighted by molar-refractivity contribution is 4.56. The molecule has 0 aromatic rings. The first-order chi connectivity index (χ1) is 5.74. The van der Waals surface area contributed by atoms with Crippen molar-refractivity contribution in [3.8, 4) is 0 Å². The first-order valence-corrected chi connectivity index (χ1v) is 3.74. The number of hydrogen-bond acceptors (Lipinski definition) is 5. The third-order valence-electron chi connectivity index (χ3n) is 1.29. The van der Waals surface area contributed by atoms with Crippen molar-refractivity contribution < 1.29 is 24.8 Å². The summed E-state index contributed by atoms with van der Waals surface area (Å²) < 4.78 is 9.57. The Morgan fingerprint density at radius 1 is 1.17 bits per heavy atom. The second kappa shape index (κ2) is 7.45. The molecule has 12 heavy (non-hydrogen) atoms. The number of hydrogen-bond donors (Lipinski definition) is 3. The number of rotatable bonds is 7. The van der Waals surface area contributed by atoms with Gasteiger partial charge in [-0.3, -0.25) is 0 Å². The predicted molar refractivity (Wildman–Crippen MR) is 41.8 cm³/mol. The molecule has 0 aliphatic heterocycles. The summed E-state index contributed by atoms with van der Waals surface area (Å²) in [4.78, 5) is 0. The Morgan fingerprint density at radius 3 is 2.17 bits per heavy atom. The lowest BCUT2D eigenvalue weighted by Crippen LogP contribution is -2.29. The van der Waals surface area contributed by atoms with Crippen molar-refractivity contribution in [2.75, 3.05) is 33.5 Å². The molecule has 0 aromatic heterocycles. The smallest absolute Gasteiger partial charge is 0.104 e. The standard InChI is InChI=1S/C7H16O5/c1-11-4-6(10)5-12-7(2-8)3-9/h6-10H,2-5H2,1H3. The molecule has 0 rings (SSSR count). The molecule has 0 bridgehead atoms. The summed E-state index contributed by atoms with van der Waals surface area (Å²) in [6, 6.07) is 0. The summed E-state index contributed by atoms with van der Waals surface area (Å²) in [6.45, 7) is -0.268. The van der Waals surface area contributed by atoms with Crippen LogP contribution >= 0.6 is 0 Å². The molecule has 1 atom stereocenters. The summed E-state index contributed by atoms with van der Waals surface area (Å²) in [5.74, 6) is 0. The van der Waals surface area contributed by atoms with Crippen LogP contribution in [0.5, 0.6) is 0 Å². The molecule has 5 heteroatoms. The number of methoxy groups -OCH3 is 1. The third kappa shape index (κ3) is 5.45. The van der Waals surface area contributed by atoms with Crippen LogP contribution in [-0.2, 0) is 9.47 Å². The van der Waals surface area contributed by atoms with Crippen LogP contribution in [0.4, 0.5) is 0 Å². The highest BCUT2D eigenvalue weighted by atomic mass is 16.5. The molecule has 1 unspecified atom stereocenters.